The predicted molar refractivity (Wildman–Crippen MR) is 99.6 cm³/mol. The van der Waals surface area contributed by atoms with Gasteiger partial charge in [0.05, 0.1) is 12.7 Å². The van der Waals surface area contributed by atoms with Crippen molar-refractivity contribution < 1.29 is 41.0 Å². The minimum atomic E-state index is -5.95. The lowest BCUT2D eigenvalue weighted by atomic mass is 9.91. The van der Waals surface area contributed by atoms with Gasteiger partial charge < -0.3 is 14.4 Å². The van der Waals surface area contributed by atoms with Crippen LogP contribution in [0, 0.1) is 6.92 Å². The van der Waals surface area contributed by atoms with Gasteiger partial charge in [0, 0.05) is 28.7 Å². The lowest BCUT2D eigenvalue weighted by molar-refractivity contribution is -0.376. The molecule has 0 aliphatic carbocycles. The Labute approximate surface area is 172 Å². The van der Waals surface area contributed by atoms with Crippen molar-refractivity contribution in [2.45, 2.75) is 31.4 Å². The zero-order chi connectivity index (χ0) is 23.2. The number of carbonyl (C=O) groups is 1. The second kappa shape index (κ2) is 7.60. The summed E-state index contributed by atoms with van der Waals surface area (Å²) in [6.07, 6.45) is -11.9. The molecule has 0 aliphatic heterocycles. The molecule has 0 spiro atoms. The van der Waals surface area contributed by atoms with Gasteiger partial charge in [-0.2, -0.15) is 26.3 Å². The van der Waals surface area contributed by atoms with E-state index >= 15 is 0 Å². The van der Waals surface area contributed by atoms with E-state index in [2.05, 4.69) is 4.74 Å². The molecule has 31 heavy (non-hydrogen) atoms. The van der Waals surface area contributed by atoms with Crippen molar-refractivity contribution >= 4 is 16.9 Å². The molecule has 1 N–H and O–H groups in total. The first-order chi connectivity index (χ1) is 14.3. The Kier molecular flexibility index (Phi) is 5.56. The first kappa shape index (κ1) is 22.7. The highest BCUT2D eigenvalue weighted by atomic mass is 19.4. The number of hydrogen-bond donors (Lipinski definition) is 1. The van der Waals surface area contributed by atoms with Crippen LogP contribution in [0.3, 0.4) is 0 Å². The molecule has 0 aliphatic rings. The Hall–Kier alpha value is -3.01. The van der Waals surface area contributed by atoms with Crippen LogP contribution in [-0.4, -0.2) is 35.1 Å². The molecular weight excluding hydrogens is 428 g/mol. The number of aryl methyl sites for hydroxylation is 1. The molecule has 0 saturated carbocycles. The van der Waals surface area contributed by atoms with Gasteiger partial charge in [-0.3, -0.25) is 0 Å². The van der Waals surface area contributed by atoms with E-state index in [1.807, 2.05) is 0 Å². The van der Waals surface area contributed by atoms with E-state index in [0.29, 0.717) is 34.5 Å². The van der Waals surface area contributed by atoms with Crippen molar-refractivity contribution in [2.75, 3.05) is 7.11 Å². The number of hydrogen-bond acceptors (Lipinski definition) is 3. The zero-order valence-corrected chi connectivity index (χ0v) is 16.3. The van der Waals surface area contributed by atoms with Gasteiger partial charge in [-0.25, -0.2) is 4.79 Å². The van der Waals surface area contributed by atoms with Crippen LogP contribution in [0.1, 0.15) is 27.2 Å². The lowest BCUT2D eigenvalue weighted by Crippen LogP contribution is -2.53. The quantitative estimate of drug-likeness (QED) is 0.449. The normalized spacial score (nSPS) is 12.9. The van der Waals surface area contributed by atoms with Gasteiger partial charge in [-0.15, -0.1) is 0 Å². The van der Waals surface area contributed by atoms with Crippen LogP contribution in [0.5, 0.6) is 0 Å². The van der Waals surface area contributed by atoms with Crippen LogP contribution in [0.25, 0.3) is 10.9 Å². The molecule has 1 aromatic heterocycles. The van der Waals surface area contributed by atoms with E-state index in [9.17, 15) is 36.2 Å². The predicted octanol–water partition coefficient (Wildman–Crippen LogP) is 5.10. The van der Waals surface area contributed by atoms with Crippen LogP contribution in [0.2, 0.25) is 0 Å². The molecule has 166 valence electrons. The van der Waals surface area contributed by atoms with Crippen molar-refractivity contribution in [1.82, 2.24) is 4.57 Å². The number of ether oxygens (including phenoxy) is 1. The third-order valence-corrected chi connectivity index (χ3v) is 5.04. The van der Waals surface area contributed by atoms with E-state index < -0.39 is 29.5 Å². The maximum absolute atomic E-state index is 13.2. The maximum Gasteiger partial charge on any atom is 0.430 e. The Bertz CT molecular complexity index is 1120. The first-order valence-corrected chi connectivity index (χ1v) is 8.93. The monoisotopic (exact) mass is 445 g/mol. The molecule has 0 radical (unpaired) electrons. The number of aromatic nitrogens is 1. The number of aliphatic hydroxyl groups is 1. The van der Waals surface area contributed by atoms with Gasteiger partial charge >= 0.3 is 18.3 Å². The van der Waals surface area contributed by atoms with Crippen molar-refractivity contribution in [3.05, 3.63) is 70.9 Å². The van der Waals surface area contributed by atoms with E-state index in [1.165, 1.54) is 13.2 Å². The third-order valence-electron chi connectivity index (χ3n) is 5.04. The fourth-order valence-corrected chi connectivity index (χ4v) is 3.43. The van der Waals surface area contributed by atoms with Gasteiger partial charge in [0.2, 0.25) is 0 Å². The topological polar surface area (TPSA) is 51.5 Å². The molecule has 0 atom stereocenters. The molecule has 0 saturated heterocycles. The number of nitrogens with zero attached hydrogens (tertiary/aromatic N) is 1. The highest BCUT2D eigenvalue weighted by molar-refractivity contribution is 5.89. The Morgan fingerprint density at radius 2 is 1.65 bits per heavy atom. The molecule has 4 nitrogen and oxygen atoms in total. The highest BCUT2D eigenvalue weighted by Crippen LogP contribution is 2.50. The summed E-state index contributed by atoms with van der Waals surface area (Å²) >= 11 is 0. The summed E-state index contributed by atoms with van der Waals surface area (Å²) in [6, 6.07) is 10.3. The van der Waals surface area contributed by atoms with Crippen molar-refractivity contribution in [2.24, 2.45) is 0 Å². The fraction of sp³-hybridized carbons (Fsp3) is 0.286. The van der Waals surface area contributed by atoms with E-state index in [0.717, 1.165) is 6.07 Å². The molecule has 2 aromatic carbocycles. The molecule has 0 amide bonds. The number of alkyl halides is 6. The fourth-order valence-electron chi connectivity index (χ4n) is 3.43. The van der Waals surface area contributed by atoms with Crippen molar-refractivity contribution in [1.29, 1.82) is 0 Å². The van der Waals surface area contributed by atoms with E-state index in [1.54, 1.807) is 35.8 Å². The van der Waals surface area contributed by atoms with Crippen molar-refractivity contribution in [3.8, 4) is 0 Å². The zero-order valence-electron chi connectivity index (χ0n) is 16.3. The van der Waals surface area contributed by atoms with Gasteiger partial charge in [0.1, 0.15) is 0 Å². The van der Waals surface area contributed by atoms with Crippen LogP contribution in [0.4, 0.5) is 26.3 Å². The second-order valence-electron chi connectivity index (χ2n) is 7.04. The van der Waals surface area contributed by atoms with Crippen molar-refractivity contribution in [3.63, 3.8) is 0 Å². The summed E-state index contributed by atoms with van der Waals surface area (Å²) in [6.45, 7) is 1.85. The molecule has 0 bridgehead atoms. The molecule has 10 heteroatoms. The number of esters is 1. The summed E-state index contributed by atoms with van der Waals surface area (Å²) in [5.74, 6) is -0.542. The van der Waals surface area contributed by atoms with Crippen LogP contribution in [0.15, 0.2) is 48.5 Å². The van der Waals surface area contributed by atoms with Gasteiger partial charge in [-0.05, 0) is 42.8 Å². The smallest absolute Gasteiger partial charge is 0.430 e. The summed E-state index contributed by atoms with van der Waals surface area (Å²) in [5.41, 5.74) is -4.38. The van der Waals surface area contributed by atoms with Crippen LogP contribution < -0.4 is 0 Å². The van der Waals surface area contributed by atoms with E-state index in [-0.39, 0.29) is 11.9 Å². The minimum Gasteiger partial charge on any atom is -0.465 e. The number of carbonyl (C=O) groups excluding carboxylic acids is 1. The Morgan fingerprint density at radius 1 is 1.00 bits per heavy atom. The number of methoxy groups -OCH3 is 1. The number of halogens is 6. The molecule has 0 unspecified atom stereocenters. The average molecular weight is 445 g/mol. The number of fused-ring (bicyclic) bond motifs is 1. The first-order valence-electron chi connectivity index (χ1n) is 8.93. The number of rotatable bonds is 4. The molecule has 0 fully saturated rings. The molecule has 1 heterocycles. The highest BCUT2D eigenvalue weighted by Gasteiger charge is 2.71. The summed E-state index contributed by atoms with van der Waals surface area (Å²) in [4.78, 5) is 11.7. The van der Waals surface area contributed by atoms with Gasteiger partial charge in [0.15, 0.2) is 0 Å². The largest absolute Gasteiger partial charge is 0.465 e. The van der Waals surface area contributed by atoms with Gasteiger partial charge in [0.25, 0.3) is 5.60 Å². The summed E-state index contributed by atoms with van der Waals surface area (Å²) in [7, 11) is 1.24. The third kappa shape index (κ3) is 3.87. The Morgan fingerprint density at radius 3 is 2.23 bits per heavy atom. The Balaban J connectivity index is 2.07. The summed E-state index contributed by atoms with van der Waals surface area (Å²) in [5, 5.41) is 9.73. The molecular formula is C21H17F6NO3. The molecule has 3 rings (SSSR count). The lowest BCUT2D eigenvalue weighted by Gasteiger charge is -2.32. The second-order valence-corrected chi connectivity index (χ2v) is 7.04. The minimum absolute atomic E-state index is 0.103. The maximum atomic E-state index is 13.2. The summed E-state index contributed by atoms with van der Waals surface area (Å²) < 4.78 is 85.4. The van der Waals surface area contributed by atoms with E-state index in [4.69, 9.17) is 0 Å². The standard InChI is InChI=1S/C21H17F6NO3/c1-12-8-15-10-16(19(30,20(22,23)24)21(25,26)27)6-7-17(15)28(12)11-13-4-3-5-14(9-13)18(29)31-2/h3-10,30H,11H2,1-2H3. The SMILES string of the molecule is COC(=O)c1cccc(Cn2c(C)cc3cc(C(O)(C(F)(F)F)C(F)(F)F)ccc32)c1. The van der Waals surface area contributed by atoms with Crippen LogP contribution >= 0.6 is 0 Å². The van der Waals surface area contributed by atoms with Crippen LogP contribution in [-0.2, 0) is 16.9 Å². The average Bonchev–Trinajstić information content (AvgIpc) is 2.99. The number of benzene rings is 2. The van der Waals surface area contributed by atoms with Gasteiger partial charge in [-0.1, -0.05) is 18.2 Å². The molecule has 3 aromatic rings.